The first-order chi connectivity index (χ1) is 6.55. The lowest BCUT2D eigenvalue weighted by molar-refractivity contribution is -0.142. The van der Waals surface area contributed by atoms with Crippen molar-refractivity contribution in [1.29, 1.82) is 0 Å². The Labute approximate surface area is 78.0 Å². The van der Waals surface area contributed by atoms with Crippen LogP contribution in [0.5, 0.6) is 0 Å². The summed E-state index contributed by atoms with van der Waals surface area (Å²) in [6.07, 6.45) is -3.08. The quantitative estimate of drug-likeness (QED) is 0.755. The number of amides is 1. The van der Waals surface area contributed by atoms with Gasteiger partial charge in [-0.25, -0.2) is 0 Å². The van der Waals surface area contributed by atoms with Gasteiger partial charge in [-0.15, -0.1) is 0 Å². The summed E-state index contributed by atoms with van der Waals surface area (Å²) in [6.45, 7) is -0.174. The monoisotopic (exact) mass is 204 g/mol. The Morgan fingerprint density at radius 1 is 1.50 bits per heavy atom. The van der Waals surface area contributed by atoms with E-state index in [1.54, 1.807) is 0 Å². The van der Waals surface area contributed by atoms with Crippen molar-refractivity contribution in [3.05, 3.63) is 29.6 Å². The lowest BCUT2D eigenvalue weighted by atomic mass is 10.2. The Morgan fingerprint density at radius 2 is 2.21 bits per heavy atom. The number of rotatable bonds is 3. The van der Waals surface area contributed by atoms with Gasteiger partial charge in [0.25, 0.3) is 0 Å². The highest BCUT2D eigenvalue weighted by Gasteiger charge is 2.34. The van der Waals surface area contributed by atoms with E-state index in [9.17, 15) is 18.0 Å². The van der Waals surface area contributed by atoms with Crippen LogP contribution in [-0.2, 0) is 17.5 Å². The zero-order chi connectivity index (χ0) is 10.6. The standard InChI is InChI=1S/C8H7F3N2O/c9-8(10,11)7-6(4-12-5-14)2-1-3-13-7/h1-3,5H,4H2,(H,12,14). The number of pyridine rings is 1. The van der Waals surface area contributed by atoms with Crippen molar-refractivity contribution in [3.63, 3.8) is 0 Å². The van der Waals surface area contributed by atoms with Gasteiger partial charge in [-0.1, -0.05) is 6.07 Å². The number of nitrogens with one attached hydrogen (secondary N) is 1. The fraction of sp³-hybridized carbons (Fsp3) is 0.250. The average Bonchev–Trinajstić information content (AvgIpc) is 2.14. The Hall–Kier alpha value is -1.59. The molecule has 1 heterocycles. The van der Waals surface area contributed by atoms with Gasteiger partial charge < -0.3 is 5.32 Å². The highest BCUT2D eigenvalue weighted by molar-refractivity contribution is 5.46. The average molecular weight is 204 g/mol. The van der Waals surface area contributed by atoms with Crippen LogP contribution < -0.4 is 5.32 Å². The second-order valence-electron chi connectivity index (χ2n) is 2.51. The Morgan fingerprint density at radius 3 is 2.79 bits per heavy atom. The molecule has 0 aromatic carbocycles. The third-order valence-corrected chi connectivity index (χ3v) is 1.54. The molecule has 0 fully saturated rings. The van der Waals surface area contributed by atoms with Gasteiger partial charge >= 0.3 is 6.18 Å². The van der Waals surface area contributed by atoms with E-state index in [0.29, 0.717) is 6.41 Å². The van der Waals surface area contributed by atoms with Gasteiger partial charge in [0, 0.05) is 18.3 Å². The maximum Gasteiger partial charge on any atom is 0.433 e. The van der Waals surface area contributed by atoms with Gasteiger partial charge in [0.15, 0.2) is 0 Å². The van der Waals surface area contributed by atoms with Crippen molar-refractivity contribution < 1.29 is 18.0 Å². The van der Waals surface area contributed by atoms with Gasteiger partial charge in [0.05, 0.1) is 0 Å². The van der Waals surface area contributed by atoms with Crippen LogP contribution in [0.3, 0.4) is 0 Å². The second-order valence-corrected chi connectivity index (χ2v) is 2.51. The minimum atomic E-state index is -4.48. The number of carbonyl (C=O) groups is 1. The van der Waals surface area contributed by atoms with E-state index in [1.165, 1.54) is 12.1 Å². The maximum atomic E-state index is 12.3. The fourth-order valence-electron chi connectivity index (χ4n) is 0.988. The molecule has 0 aliphatic rings. The molecule has 0 bridgehead atoms. The van der Waals surface area contributed by atoms with E-state index >= 15 is 0 Å². The third-order valence-electron chi connectivity index (χ3n) is 1.54. The van der Waals surface area contributed by atoms with E-state index in [1.807, 2.05) is 0 Å². The number of nitrogens with zero attached hydrogens (tertiary/aromatic N) is 1. The minimum Gasteiger partial charge on any atom is -0.355 e. The molecule has 14 heavy (non-hydrogen) atoms. The predicted molar refractivity (Wildman–Crippen MR) is 42.1 cm³/mol. The summed E-state index contributed by atoms with van der Waals surface area (Å²) >= 11 is 0. The van der Waals surface area contributed by atoms with Crippen LogP contribution in [0.4, 0.5) is 13.2 Å². The third kappa shape index (κ3) is 2.45. The summed E-state index contributed by atoms with van der Waals surface area (Å²) in [5.41, 5.74) is -1.01. The molecule has 0 unspecified atom stereocenters. The Bertz CT molecular complexity index is 325. The van der Waals surface area contributed by atoms with Gasteiger partial charge in [-0.05, 0) is 6.07 Å². The maximum absolute atomic E-state index is 12.3. The normalized spacial score (nSPS) is 11.1. The summed E-state index contributed by atoms with van der Waals surface area (Å²) in [6, 6.07) is 2.66. The fourth-order valence-corrected chi connectivity index (χ4v) is 0.988. The molecule has 0 radical (unpaired) electrons. The highest BCUT2D eigenvalue weighted by Crippen LogP contribution is 2.29. The first-order valence-electron chi connectivity index (χ1n) is 3.74. The van der Waals surface area contributed by atoms with Crippen LogP contribution in [0.2, 0.25) is 0 Å². The molecular formula is C8H7F3N2O. The molecular weight excluding hydrogens is 197 g/mol. The zero-order valence-electron chi connectivity index (χ0n) is 7.01. The molecule has 6 heteroatoms. The lowest BCUT2D eigenvalue weighted by Gasteiger charge is -2.10. The molecule has 3 nitrogen and oxygen atoms in total. The van der Waals surface area contributed by atoms with E-state index in [2.05, 4.69) is 10.3 Å². The van der Waals surface area contributed by atoms with E-state index in [4.69, 9.17) is 0 Å². The molecule has 1 aromatic rings. The summed E-state index contributed by atoms with van der Waals surface area (Å²) in [5.74, 6) is 0. The number of hydrogen-bond acceptors (Lipinski definition) is 2. The number of halogens is 3. The van der Waals surface area contributed by atoms with E-state index in [-0.39, 0.29) is 12.1 Å². The van der Waals surface area contributed by atoms with E-state index < -0.39 is 11.9 Å². The SMILES string of the molecule is O=CNCc1cccnc1C(F)(F)F. The number of carbonyl (C=O) groups excluding carboxylic acids is 1. The van der Waals surface area contributed by atoms with Crippen molar-refractivity contribution in [2.45, 2.75) is 12.7 Å². The lowest BCUT2D eigenvalue weighted by Crippen LogP contribution is -2.17. The molecule has 1 rings (SSSR count). The highest BCUT2D eigenvalue weighted by atomic mass is 19.4. The van der Waals surface area contributed by atoms with Crippen LogP contribution in [0.1, 0.15) is 11.3 Å². The number of hydrogen-bond donors (Lipinski definition) is 1. The topological polar surface area (TPSA) is 42.0 Å². The first kappa shape index (κ1) is 10.5. The molecule has 0 aliphatic carbocycles. The predicted octanol–water partition coefficient (Wildman–Crippen LogP) is 1.35. The smallest absolute Gasteiger partial charge is 0.355 e. The van der Waals surface area contributed by atoms with Crippen molar-refractivity contribution in [2.24, 2.45) is 0 Å². The van der Waals surface area contributed by atoms with Gasteiger partial charge in [0.2, 0.25) is 6.41 Å². The van der Waals surface area contributed by atoms with Crippen molar-refractivity contribution in [1.82, 2.24) is 10.3 Å². The summed E-state index contributed by atoms with van der Waals surface area (Å²) in [7, 11) is 0. The molecule has 0 saturated heterocycles. The molecule has 0 saturated carbocycles. The molecule has 1 amide bonds. The van der Waals surface area contributed by atoms with Crippen LogP contribution in [0.25, 0.3) is 0 Å². The molecule has 1 aromatic heterocycles. The second kappa shape index (κ2) is 4.08. The van der Waals surface area contributed by atoms with Crippen LogP contribution in [0, 0.1) is 0 Å². The first-order valence-corrected chi connectivity index (χ1v) is 3.74. The minimum absolute atomic E-state index is 0.0490. The van der Waals surface area contributed by atoms with Crippen LogP contribution in [-0.4, -0.2) is 11.4 Å². The van der Waals surface area contributed by atoms with Gasteiger partial charge in [0.1, 0.15) is 5.69 Å². The zero-order valence-corrected chi connectivity index (χ0v) is 7.01. The van der Waals surface area contributed by atoms with Crippen molar-refractivity contribution >= 4 is 6.41 Å². The number of aromatic nitrogens is 1. The summed E-state index contributed by atoms with van der Waals surface area (Å²) in [4.78, 5) is 13.1. The van der Waals surface area contributed by atoms with Gasteiger partial charge in [-0.3, -0.25) is 9.78 Å². The molecule has 0 atom stereocenters. The summed E-state index contributed by atoms with van der Waals surface area (Å²) < 4.78 is 36.9. The molecule has 76 valence electrons. The van der Waals surface area contributed by atoms with Crippen molar-refractivity contribution in [2.75, 3.05) is 0 Å². The Kier molecular flexibility index (Phi) is 3.06. The van der Waals surface area contributed by atoms with Crippen LogP contribution in [0.15, 0.2) is 18.3 Å². The molecule has 0 spiro atoms. The summed E-state index contributed by atoms with van der Waals surface area (Å²) in [5, 5.41) is 2.16. The largest absolute Gasteiger partial charge is 0.433 e. The Balaban J connectivity index is 2.97. The molecule has 0 aliphatic heterocycles. The molecule has 1 N–H and O–H groups in total. The van der Waals surface area contributed by atoms with E-state index in [0.717, 1.165) is 6.20 Å². The van der Waals surface area contributed by atoms with Crippen molar-refractivity contribution in [3.8, 4) is 0 Å². The van der Waals surface area contributed by atoms with Gasteiger partial charge in [-0.2, -0.15) is 13.2 Å². The number of alkyl halides is 3. The van der Waals surface area contributed by atoms with Crippen LogP contribution >= 0.6 is 0 Å².